The van der Waals surface area contributed by atoms with Gasteiger partial charge in [0.05, 0.1) is 10.6 Å². The van der Waals surface area contributed by atoms with Gasteiger partial charge in [-0.3, -0.25) is 0 Å². The molecule has 0 bridgehead atoms. The number of hydrogen-bond acceptors (Lipinski definition) is 4. The maximum absolute atomic E-state index is 13.1. The van der Waals surface area contributed by atoms with Gasteiger partial charge in [0.2, 0.25) is 10.0 Å². The number of benzene rings is 2. The molecule has 3 aromatic rings. The summed E-state index contributed by atoms with van der Waals surface area (Å²) < 4.78 is 40.2. The van der Waals surface area contributed by atoms with E-state index < -0.39 is 10.0 Å². The third-order valence-electron chi connectivity index (χ3n) is 4.44. The van der Waals surface area contributed by atoms with Crippen molar-refractivity contribution in [1.29, 1.82) is 0 Å². The topological polar surface area (TPSA) is 63.2 Å². The molecular formula is C19H15ClFN3O2S. The van der Waals surface area contributed by atoms with Crippen LogP contribution in [0.5, 0.6) is 0 Å². The number of fused-ring (bicyclic) bond motifs is 1. The van der Waals surface area contributed by atoms with Crippen molar-refractivity contribution < 1.29 is 12.8 Å². The summed E-state index contributed by atoms with van der Waals surface area (Å²) >= 11 is 5.93. The summed E-state index contributed by atoms with van der Waals surface area (Å²) in [5.41, 5.74) is 2.28. The van der Waals surface area contributed by atoms with E-state index in [1.54, 1.807) is 30.5 Å². The number of aromatic nitrogens is 2. The third kappa shape index (κ3) is 3.58. The quantitative estimate of drug-likeness (QED) is 0.669. The fraction of sp³-hybridized carbons (Fsp3) is 0.158. The van der Waals surface area contributed by atoms with E-state index in [1.807, 2.05) is 0 Å². The minimum atomic E-state index is -3.64. The average Bonchev–Trinajstić information content (AvgIpc) is 2.68. The third-order valence-corrected chi connectivity index (χ3v) is 6.51. The molecule has 0 atom stereocenters. The van der Waals surface area contributed by atoms with Gasteiger partial charge in [-0.15, -0.1) is 0 Å². The van der Waals surface area contributed by atoms with Crippen LogP contribution in [0.25, 0.3) is 11.4 Å². The molecule has 0 N–H and O–H groups in total. The number of halogens is 2. The van der Waals surface area contributed by atoms with Crippen LogP contribution in [0.1, 0.15) is 11.3 Å². The molecular weight excluding hydrogens is 389 g/mol. The van der Waals surface area contributed by atoms with Crippen LogP contribution in [0.15, 0.2) is 59.6 Å². The Kier molecular flexibility index (Phi) is 4.67. The van der Waals surface area contributed by atoms with Crippen LogP contribution in [-0.4, -0.2) is 29.2 Å². The molecule has 0 spiro atoms. The zero-order chi connectivity index (χ0) is 19.0. The molecule has 2 aromatic carbocycles. The molecule has 5 nitrogen and oxygen atoms in total. The van der Waals surface area contributed by atoms with Gasteiger partial charge < -0.3 is 0 Å². The van der Waals surface area contributed by atoms with Crippen LogP contribution in [0.2, 0.25) is 5.02 Å². The van der Waals surface area contributed by atoms with Gasteiger partial charge in [0.15, 0.2) is 5.82 Å². The molecule has 138 valence electrons. The SMILES string of the molecule is O=S(=O)(c1cccc(Cl)c1)N1CCc2nc(-c3ccc(F)cc3)ncc2C1. The van der Waals surface area contributed by atoms with Gasteiger partial charge in [0.1, 0.15) is 5.82 Å². The Bertz CT molecular complexity index is 1100. The fourth-order valence-corrected chi connectivity index (χ4v) is 4.73. The van der Waals surface area contributed by atoms with Crippen molar-refractivity contribution >= 4 is 21.6 Å². The summed E-state index contributed by atoms with van der Waals surface area (Å²) in [4.78, 5) is 9.03. The zero-order valence-corrected chi connectivity index (χ0v) is 15.7. The lowest BCUT2D eigenvalue weighted by Crippen LogP contribution is -2.36. The van der Waals surface area contributed by atoms with Crippen molar-refractivity contribution in [1.82, 2.24) is 14.3 Å². The molecule has 0 saturated carbocycles. The second kappa shape index (κ2) is 6.99. The minimum absolute atomic E-state index is 0.169. The summed E-state index contributed by atoms with van der Waals surface area (Å²) in [6, 6.07) is 12.2. The number of hydrogen-bond donors (Lipinski definition) is 0. The number of sulfonamides is 1. The Labute approximate surface area is 161 Å². The van der Waals surface area contributed by atoms with E-state index in [0.29, 0.717) is 29.4 Å². The first kappa shape index (κ1) is 18.0. The summed E-state index contributed by atoms with van der Waals surface area (Å²) in [5.74, 6) is 0.179. The van der Waals surface area contributed by atoms with E-state index in [1.165, 1.54) is 28.6 Å². The molecule has 1 aliphatic rings. The predicted octanol–water partition coefficient (Wildman–Crippen LogP) is 3.68. The molecule has 0 unspecified atom stereocenters. The van der Waals surface area contributed by atoms with Crippen LogP contribution in [0.4, 0.5) is 4.39 Å². The van der Waals surface area contributed by atoms with Crippen molar-refractivity contribution in [3.63, 3.8) is 0 Å². The van der Waals surface area contributed by atoms with E-state index in [2.05, 4.69) is 9.97 Å². The van der Waals surface area contributed by atoms with Crippen LogP contribution in [0, 0.1) is 5.82 Å². The van der Waals surface area contributed by atoms with Crippen LogP contribution in [0.3, 0.4) is 0 Å². The second-order valence-corrected chi connectivity index (χ2v) is 8.59. The second-order valence-electron chi connectivity index (χ2n) is 6.22. The summed E-state index contributed by atoms with van der Waals surface area (Å²) in [6.07, 6.45) is 2.12. The first-order chi connectivity index (χ1) is 12.9. The molecule has 1 aromatic heterocycles. The lowest BCUT2D eigenvalue weighted by atomic mass is 10.1. The Morgan fingerprint density at radius 3 is 2.63 bits per heavy atom. The fourth-order valence-electron chi connectivity index (χ4n) is 3.01. The predicted molar refractivity (Wildman–Crippen MR) is 100 cm³/mol. The highest BCUT2D eigenvalue weighted by Crippen LogP contribution is 2.26. The van der Waals surface area contributed by atoms with Gasteiger partial charge in [0.25, 0.3) is 0 Å². The van der Waals surface area contributed by atoms with E-state index >= 15 is 0 Å². The van der Waals surface area contributed by atoms with Crippen molar-refractivity contribution in [2.24, 2.45) is 0 Å². The Morgan fingerprint density at radius 2 is 1.89 bits per heavy atom. The van der Waals surface area contributed by atoms with E-state index in [9.17, 15) is 12.8 Å². The molecule has 4 rings (SSSR count). The molecule has 0 amide bonds. The maximum atomic E-state index is 13.1. The monoisotopic (exact) mass is 403 g/mol. The average molecular weight is 404 g/mol. The van der Waals surface area contributed by atoms with Crippen molar-refractivity contribution in [3.05, 3.63) is 76.8 Å². The van der Waals surface area contributed by atoms with Gasteiger partial charge in [-0.25, -0.2) is 22.8 Å². The molecule has 0 saturated heterocycles. The maximum Gasteiger partial charge on any atom is 0.243 e. The Morgan fingerprint density at radius 1 is 1.11 bits per heavy atom. The molecule has 1 aliphatic heterocycles. The highest BCUT2D eigenvalue weighted by atomic mass is 35.5. The minimum Gasteiger partial charge on any atom is -0.236 e. The first-order valence-corrected chi connectivity index (χ1v) is 10.1. The van der Waals surface area contributed by atoms with E-state index in [-0.39, 0.29) is 17.3 Å². The highest BCUT2D eigenvalue weighted by Gasteiger charge is 2.29. The van der Waals surface area contributed by atoms with Gasteiger partial charge in [-0.1, -0.05) is 17.7 Å². The summed E-state index contributed by atoms with van der Waals surface area (Å²) in [5, 5.41) is 0.376. The van der Waals surface area contributed by atoms with Gasteiger partial charge in [-0.2, -0.15) is 4.31 Å². The molecule has 27 heavy (non-hydrogen) atoms. The van der Waals surface area contributed by atoms with E-state index in [4.69, 9.17) is 11.6 Å². The number of nitrogens with zero attached hydrogens (tertiary/aromatic N) is 3. The normalized spacial score (nSPS) is 14.7. The molecule has 0 fully saturated rings. The van der Waals surface area contributed by atoms with Crippen molar-refractivity contribution in [3.8, 4) is 11.4 Å². The Hall–Kier alpha value is -2.35. The zero-order valence-electron chi connectivity index (χ0n) is 14.1. The van der Waals surface area contributed by atoms with Crippen LogP contribution >= 0.6 is 11.6 Å². The summed E-state index contributed by atoms with van der Waals surface area (Å²) in [7, 11) is -3.64. The van der Waals surface area contributed by atoms with Gasteiger partial charge in [-0.05, 0) is 42.5 Å². The highest BCUT2D eigenvalue weighted by molar-refractivity contribution is 7.89. The Balaban J connectivity index is 1.61. The largest absolute Gasteiger partial charge is 0.243 e. The molecule has 8 heteroatoms. The molecule has 0 aliphatic carbocycles. The first-order valence-electron chi connectivity index (χ1n) is 8.30. The van der Waals surface area contributed by atoms with Gasteiger partial charge >= 0.3 is 0 Å². The standard InChI is InChI=1S/C19H15ClFN3O2S/c20-15-2-1-3-17(10-15)27(25,26)24-9-8-18-14(12-24)11-22-19(23-18)13-4-6-16(21)7-5-13/h1-7,10-11H,8-9,12H2. The molecule has 2 heterocycles. The van der Waals surface area contributed by atoms with Gasteiger partial charge in [0, 0.05) is 41.9 Å². The van der Waals surface area contributed by atoms with Crippen molar-refractivity contribution in [2.45, 2.75) is 17.9 Å². The lowest BCUT2D eigenvalue weighted by molar-refractivity contribution is 0.387. The molecule has 0 radical (unpaired) electrons. The van der Waals surface area contributed by atoms with E-state index in [0.717, 1.165) is 11.3 Å². The lowest BCUT2D eigenvalue weighted by Gasteiger charge is -2.27. The van der Waals surface area contributed by atoms with Crippen LogP contribution in [-0.2, 0) is 23.0 Å². The van der Waals surface area contributed by atoms with Crippen LogP contribution < -0.4 is 0 Å². The van der Waals surface area contributed by atoms with Crippen molar-refractivity contribution in [2.75, 3.05) is 6.54 Å². The smallest absolute Gasteiger partial charge is 0.236 e. The number of rotatable bonds is 3. The summed E-state index contributed by atoms with van der Waals surface area (Å²) in [6.45, 7) is 0.523.